The van der Waals surface area contributed by atoms with E-state index in [0.29, 0.717) is 19.3 Å². The monoisotopic (exact) mass is 475 g/mol. The lowest BCUT2D eigenvalue weighted by atomic mass is 9.99. The fourth-order valence-electron chi connectivity index (χ4n) is 5.22. The van der Waals surface area contributed by atoms with Crippen molar-refractivity contribution >= 4 is 11.8 Å². The second kappa shape index (κ2) is 18.7. The average Bonchev–Trinajstić information content (AvgIpc) is 3.08. The van der Waals surface area contributed by atoms with Gasteiger partial charge in [0, 0.05) is 29.9 Å². The van der Waals surface area contributed by atoms with Crippen LogP contribution in [0.1, 0.15) is 150 Å². The van der Waals surface area contributed by atoms with Gasteiger partial charge < -0.3 is 9.30 Å². The maximum absolute atomic E-state index is 13.0. The molecule has 1 heterocycles. The van der Waals surface area contributed by atoms with Crippen LogP contribution >= 0.6 is 0 Å². The number of carbonyl (C=O) groups excluding carboxylic acids is 2. The minimum atomic E-state index is -0.202. The van der Waals surface area contributed by atoms with Crippen LogP contribution in [0.4, 0.5) is 0 Å². The fourth-order valence-corrected chi connectivity index (χ4v) is 5.22. The van der Waals surface area contributed by atoms with Gasteiger partial charge in [-0.1, -0.05) is 96.8 Å². The lowest BCUT2D eigenvalue weighted by molar-refractivity contribution is -0.140. The van der Waals surface area contributed by atoms with Gasteiger partial charge in [0.05, 0.1) is 13.5 Å². The number of methoxy groups -OCH3 is 1. The summed E-state index contributed by atoms with van der Waals surface area (Å²) < 4.78 is 6.98. The quantitative estimate of drug-likeness (QED) is 0.101. The number of Topliss-reactive ketones (excluding diaryl/α,β-unsaturated/α-hetero) is 1. The Hall–Kier alpha value is -1.58. The van der Waals surface area contributed by atoms with Crippen molar-refractivity contribution in [2.45, 2.75) is 150 Å². The molecule has 0 spiro atoms. The molecule has 0 N–H and O–H groups in total. The zero-order valence-electron chi connectivity index (χ0n) is 23.1. The van der Waals surface area contributed by atoms with Crippen LogP contribution in [-0.2, 0) is 22.5 Å². The van der Waals surface area contributed by atoms with Gasteiger partial charge >= 0.3 is 5.97 Å². The van der Waals surface area contributed by atoms with Crippen molar-refractivity contribution < 1.29 is 14.3 Å². The second-order valence-electron chi connectivity index (χ2n) is 9.98. The van der Waals surface area contributed by atoms with E-state index in [1.54, 1.807) is 0 Å². The first-order chi connectivity index (χ1) is 16.5. The third-order valence-corrected chi connectivity index (χ3v) is 7.30. The highest BCUT2D eigenvalue weighted by molar-refractivity contribution is 5.99. The molecule has 0 fully saturated rings. The van der Waals surface area contributed by atoms with Crippen molar-refractivity contribution in [1.82, 2.24) is 4.57 Å². The SMILES string of the molecule is CCCCCCCCCCCCCCCCCC(=O)c1c(C)c(CCC(=O)OC)n(CC)c1C. The molecule has 0 saturated carbocycles. The minimum Gasteiger partial charge on any atom is -0.469 e. The Kier molecular flexibility index (Phi) is 16.8. The van der Waals surface area contributed by atoms with Crippen LogP contribution in [-0.4, -0.2) is 23.4 Å². The molecular formula is C30H53NO3. The van der Waals surface area contributed by atoms with E-state index in [1.807, 2.05) is 13.8 Å². The fraction of sp³-hybridized carbons (Fsp3) is 0.800. The van der Waals surface area contributed by atoms with Crippen LogP contribution < -0.4 is 0 Å². The van der Waals surface area contributed by atoms with Gasteiger partial charge in [-0.25, -0.2) is 0 Å². The van der Waals surface area contributed by atoms with E-state index >= 15 is 0 Å². The predicted molar refractivity (Wildman–Crippen MR) is 144 cm³/mol. The molecule has 0 amide bonds. The molecule has 4 nitrogen and oxygen atoms in total. The third kappa shape index (κ3) is 11.2. The number of hydrogen-bond acceptors (Lipinski definition) is 3. The van der Waals surface area contributed by atoms with Crippen LogP contribution in [0.3, 0.4) is 0 Å². The Labute approximate surface area is 210 Å². The van der Waals surface area contributed by atoms with Gasteiger partial charge in [-0.15, -0.1) is 0 Å². The van der Waals surface area contributed by atoms with E-state index in [2.05, 4.69) is 18.4 Å². The van der Waals surface area contributed by atoms with Gasteiger partial charge in [0.2, 0.25) is 0 Å². The number of nitrogens with zero attached hydrogens (tertiary/aromatic N) is 1. The summed E-state index contributed by atoms with van der Waals surface area (Å²) in [5.74, 6) is 0.0581. The first kappa shape index (κ1) is 30.5. The molecule has 0 atom stereocenters. The Morgan fingerprint density at radius 2 is 1.18 bits per heavy atom. The molecule has 1 aromatic heterocycles. The highest BCUT2D eigenvalue weighted by atomic mass is 16.5. The average molecular weight is 476 g/mol. The Morgan fingerprint density at radius 3 is 1.62 bits per heavy atom. The summed E-state index contributed by atoms with van der Waals surface area (Å²) in [6, 6.07) is 0. The van der Waals surface area contributed by atoms with E-state index in [4.69, 9.17) is 4.74 Å². The molecule has 0 unspecified atom stereocenters. The van der Waals surface area contributed by atoms with Crippen LogP contribution in [0.15, 0.2) is 0 Å². The molecule has 1 aromatic rings. The van der Waals surface area contributed by atoms with Crippen molar-refractivity contribution in [3.63, 3.8) is 0 Å². The molecule has 0 aliphatic heterocycles. The van der Waals surface area contributed by atoms with Gasteiger partial charge in [-0.2, -0.15) is 0 Å². The third-order valence-electron chi connectivity index (χ3n) is 7.30. The van der Waals surface area contributed by atoms with Crippen molar-refractivity contribution in [2.75, 3.05) is 7.11 Å². The molecule has 1 rings (SSSR count). The number of esters is 1. The van der Waals surface area contributed by atoms with Crippen molar-refractivity contribution in [1.29, 1.82) is 0 Å². The standard InChI is InChI=1S/C30H53NO3/c1-6-8-9-10-11-12-13-14-15-16-17-18-19-20-21-22-28(32)30-25(3)27(23-24-29(33)34-5)31(7-2)26(30)4/h6-24H2,1-5H3. The van der Waals surface area contributed by atoms with Crippen molar-refractivity contribution in [3.8, 4) is 0 Å². The van der Waals surface area contributed by atoms with E-state index in [0.717, 1.165) is 41.9 Å². The Balaban J connectivity index is 2.21. The molecule has 0 aliphatic carbocycles. The smallest absolute Gasteiger partial charge is 0.305 e. The summed E-state index contributed by atoms with van der Waals surface area (Å²) in [4.78, 5) is 24.6. The minimum absolute atomic E-state index is 0.202. The van der Waals surface area contributed by atoms with Crippen LogP contribution in [0.2, 0.25) is 0 Å². The summed E-state index contributed by atoms with van der Waals surface area (Å²) in [6.07, 6.45) is 21.6. The second-order valence-corrected chi connectivity index (χ2v) is 9.98. The number of rotatable bonds is 21. The maximum atomic E-state index is 13.0. The normalized spacial score (nSPS) is 11.2. The van der Waals surface area contributed by atoms with E-state index < -0.39 is 0 Å². The summed E-state index contributed by atoms with van der Waals surface area (Å²) in [6.45, 7) is 9.26. The topological polar surface area (TPSA) is 48.3 Å². The number of unbranched alkanes of at least 4 members (excludes halogenated alkanes) is 14. The highest BCUT2D eigenvalue weighted by Crippen LogP contribution is 2.26. The van der Waals surface area contributed by atoms with Crippen molar-refractivity contribution in [3.05, 3.63) is 22.5 Å². The molecule has 0 radical (unpaired) electrons. The van der Waals surface area contributed by atoms with Gasteiger partial charge in [0.25, 0.3) is 0 Å². The van der Waals surface area contributed by atoms with Crippen LogP contribution in [0.5, 0.6) is 0 Å². The number of hydrogen-bond donors (Lipinski definition) is 0. The zero-order chi connectivity index (χ0) is 25.2. The summed E-state index contributed by atoms with van der Waals surface area (Å²) in [7, 11) is 1.42. The first-order valence-electron chi connectivity index (χ1n) is 14.3. The molecule has 196 valence electrons. The van der Waals surface area contributed by atoms with E-state index in [1.165, 1.54) is 90.6 Å². The summed E-state index contributed by atoms with van der Waals surface area (Å²) in [5.41, 5.74) is 4.08. The predicted octanol–water partition coefficient (Wildman–Crippen LogP) is 8.67. The van der Waals surface area contributed by atoms with Crippen LogP contribution in [0.25, 0.3) is 0 Å². The molecule has 0 saturated heterocycles. The number of carbonyl (C=O) groups is 2. The van der Waals surface area contributed by atoms with Crippen molar-refractivity contribution in [2.24, 2.45) is 0 Å². The van der Waals surface area contributed by atoms with Gasteiger partial charge in [0.1, 0.15) is 0 Å². The van der Waals surface area contributed by atoms with Gasteiger partial charge in [-0.05, 0) is 39.2 Å². The molecule has 0 bridgehead atoms. The zero-order valence-corrected chi connectivity index (χ0v) is 23.1. The first-order valence-corrected chi connectivity index (χ1v) is 14.3. The Bertz CT molecular complexity index is 704. The number of ether oxygens (including phenoxy) is 1. The molecular weight excluding hydrogens is 422 g/mol. The Morgan fingerprint density at radius 1 is 0.706 bits per heavy atom. The summed E-state index contributed by atoms with van der Waals surface area (Å²) in [5, 5.41) is 0. The largest absolute Gasteiger partial charge is 0.469 e. The van der Waals surface area contributed by atoms with Gasteiger partial charge in [0.15, 0.2) is 5.78 Å². The maximum Gasteiger partial charge on any atom is 0.305 e. The molecule has 4 heteroatoms. The summed E-state index contributed by atoms with van der Waals surface area (Å²) >= 11 is 0. The number of ketones is 1. The van der Waals surface area contributed by atoms with E-state index in [9.17, 15) is 9.59 Å². The highest BCUT2D eigenvalue weighted by Gasteiger charge is 2.21. The molecule has 0 aromatic carbocycles. The molecule has 34 heavy (non-hydrogen) atoms. The lowest BCUT2D eigenvalue weighted by Crippen LogP contribution is -2.08. The lowest BCUT2D eigenvalue weighted by Gasteiger charge is -2.09. The van der Waals surface area contributed by atoms with E-state index in [-0.39, 0.29) is 11.8 Å². The van der Waals surface area contributed by atoms with Crippen LogP contribution in [0, 0.1) is 13.8 Å². The van der Waals surface area contributed by atoms with Gasteiger partial charge in [-0.3, -0.25) is 9.59 Å². The molecule has 0 aliphatic rings. The number of aromatic nitrogens is 1.